The fourth-order valence-corrected chi connectivity index (χ4v) is 4.54. The van der Waals surface area contributed by atoms with E-state index in [4.69, 9.17) is 11.6 Å². The Labute approximate surface area is 187 Å². The average molecular weight is 466 g/mol. The van der Waals surface area contributed by atoms with E-state index in [0.717, 1.165) is 16.6 Å². The van der Waals surface area contributed by atoms with E-state index in [-0.39, 0.29) is 23.9 Å². The third kappa shape index (κ3) is 4.45. The van der Waals surface area contributed by atoms with E-state index >= 15 is 0 Å². The highest BCUT2D eigenvalue weighted by atomic mass is 35.5. The lowest BCUT2D eigenvalue weighted by Gasteiger charge is -2.37. The molecule has 3 heterocycles. The number of benzene rings is 1. The van der Waals surface area contributed by atoms with Crippen molar-refractivity contribution in [1.82, 2.24) is 14.9 Å². The molecule has 1 atom stereocenters. The molecule has 2 fully saturated rings. The van der Waals surface area contributed by atoms with E-state index in [0.29, 0.717) is 43.2 Å². The van der Waals surface area contributed by atoms with Crippen LogP contribution in [-0.4, -0.2) is 54.0 Å². The van der Waals surface area contributed by atoms with Gasteiger partial charge in [-0.1, -0.05) is 23.7 Å². The summed E-state index contributed by atoms with van der Waals surface area (Å²) in [6, 6.07) is 5.49. The van der Waals surface area contributed by atoms with Crippen LogP contribution in [0.3, 0.4) is 0 Å². The number of imide groups is 1. The monoisotopic (exact) mass is 465 g/mol. The molecule has 32 heavy (non-hydrogen) atoms. The molecule has 2 aliphatic rings. The third-order valence-corrected chi connectivity index (χ3v) is 6.21. The van der Waals surface area contributed by atoms with Gasteiger partial charge in [-0.15, -0.1) is 0 Å². The highest BCUT2D eigenvalue weighted by molar-refractivity contribution is 6.34. The lowest BCUT2D eigenvalue weighted by Crippen LogP contribution is -2.48. The van der Waals surface area contributed by atoms with Crippen LogP contribution in [0, 0.1) is 0 Å². The smallest absolute Gasteiger partial charge is 0.277 e. The van der Waals surface area contributed by atoms with Gasteiger partial charge in [-0.25, -0.2) is 13.8 Å². The number of hydrogen-bond donors (Lipinski definition) is 1. The second-order valence-corrected chi connectivity index (χ2v) is 8.16. The number of anilines is 2. The Balaban J connectivity index is 1.49. The molecule has 2 amide bonds. The zero-order chi connectivity index (χ0) is 22.8. The van der Waals surface area contributed by atoms with Crippen molar-refractivity contribution < 1.29 is 18.4 Å². The summed E-state index contributed by atoms with van der Waals surface area (Å²) in [6.45, 7) is 1.36. The van der Waals surface area contributed by atoms with Crippen LogP contribution in [-0.2, 0) is 16.1 Å². The molecule has 170 valence electrons. The molecule has 2 saturated heterocycles. The fraction of sp³-hybridized carbons (Fsp3) is 0.429. The average Bonchev–Trinajstić information content (AvgIpc) is 2.76. The number of carbonyl (C=O) groups is 2. The Morgan fingerprint density at radius 3 is 2.44 bits per heavy atom. The van der Waals surface area contributed by atoms with Crippen LogP contribution in [0.4, 0.5) is 20.2 Å². The van der Waals surface area contributed by atoms with Gasteiger partial charge in [0, 0.05) is 32.6 Å². The predicted molar refractivity (Wildman–Crippen MR) is 116 cm³/mol. The summed E-state index contributed by atoms with van der Waals surface area (Å²) in [5.74, 6) is -1.11. The normalized spacial score (nSPS) is 19.4. The molecule has 2 aromatic rings. The molecule has 0 radical (unpaired) electrons. The Kier molecular flexibility index (Phi) is 6.40. The summed E-state index contributed by atoms with van der Waals surface area (Å²) in [5, 5.41) is 2.83. The summed E-state index contributed by atoms with van der Waals surface area (Å²) >= 11 is 6.67. The van der Waals surface area contributed by atoms with Crippen molar-refractivity contribution in [2.24, 2.45) is 0 Å². The van der Waals surface area contributed by atoms with E-state index < -0.39 is 24.4 Å². The minimum atomic E-state index is -2.64. The first kappa shape index (κ1) is 22.2. The second kappa shape index (κ2) is 9.23. The summed E-state index contributed by atoms with van der Waals surface area (Å²) in [7, 11) is 0. The molecular formula is C21H22ClF2N5O3. The maximum absolute atomic E-state index is 12.7. The van der Waals surface area contributed by atoms with Gasteiger partial charge in [0.15, 0.2) is 0 Å². The SMILES string of the molecule is O=C1CCC(c2cccc(N3CCN(c4cncn(CC(F)F)c4=O)CC3)c2Cl)C(=O)N1. The molecule has 2 aliphatic heterocycles. The van der Waals surface area contributed by atoms with Crippen LogP contribution in [0.25, 0.3) is 0 Å². The van der Waals surface area contributed by atoms with E-state index in [1.165, 1.54) is 6.20 Å². The first-order valence-corrected chi connectivity index (χ1v) is 10.7. The van der Waals surface area contributed by atoms with Crippen molar-refractivity contribution >= 4 is 34.8 Å². The van der Waals surface area contributed by atoms with Gasteiger partial charge < -0.3 is 9.80 Å². The lowest BCUT2D eigenvalue weighted by atomic mass is 9.90. The summed E-state index contributed by atoms with van der Waals surface area (Å²) in [4.78, 5) is 44.1. The van der Waals surface area contributed by atoms with Gasteiger partial charge in [0.25, 0.3) is 12.0 Å². The zero-order valence-electron chi connectivity index (χ0n) is 17.1. The van der Waals surface area contributed by atoms with Crippen LogP contribution in [0.2, 0.25) is 5.02 Å². The number of alkyl halides is 2. The van der Waals surface area contributed by atoms with E-state index in [1.54, 1.807) is 6.07 Å². The Hall–Kier alpha value is -3.01. The molecule has 0 spiro atoms. The largest absolute Gasteiger partial charge is 0.367 e. The van der Waals surface area contributed by atoms with E-state index in [1.807, 2.05) is 17.0 Å². The van der Waals surface area contributed by atoms with Crippen LogP contribution in [0.15, 0.2) is 35.5 Å². The molecule has 1 N–H and O–H groups in total. The summed E-state index contributed by atoms with van der Waals surface area (Å²) in [6.07, 6.45) is 0.558. The number of amides is 2. The number of hydrogen-bond acceptors (Lipinski definition) is 6. The molecule has 0 aliphatic carbocycles. The highest BCUT2D eigenvalue weighted by Crippen LogP contribution is 2.37. The first-order valence-electron chi connectivity index (χ1n) is 10.3. The van der Waals surface area contributed by atoms with Crippen molar-refractivity contribution in [1.29, 1.82) is 0 Å². The molecule has 4 rings (SSSR count). The molecule has 0 bridgehead atoms. The number of rotatable bonds is 5. The van der Waals surface area contributed by atoms with Gasteiger partial charge in [-0.05, 0) is 18.1 Å². The van der Waals surface area contributed by atoms with Gasteiger partial charge in [0.05, 0.1) is 35.7 Å². The number of halogens is 3. The maximum Gasteiger partial charge on any atom is 0.277 e. The quantitative estimate of drug-likeness (QED) is 0.680. The Morgan fingerprint density at radius 1 is 1.09 bits per heavy atom. The van der Waals surface area contributed by atoms with Crippen molar-refractivity contribution in [2.75, 3.05) is 36.0 Å². The van der Waals surface area contributed by atoms with Crippen LogP contribution >= 0.6 is 11.6 Å². The van der Waals surface area contributed by atoms with Gasteiger partial charge in [0.2, 0.25) is 11.8 Å². The second-order valence-electron chi connectivity index (χ2n) is 7.79. The van der Waals surface area contributed by atoms with Crippen LogP contribution < -0.4 is 20.7 Å². The minimum absolute atomic E-state index is 0.268. The number of piperazine rings is 1. The van der Waals surface area contributed by atoms with Crippen molar-refractivity contribution in [2.45, 2.75) is 31.7 Å². The number of nitrogens with one attached hydrogen (secondary N) is 1. The topological polar surface area (TPSA) is 87.5 Å². The zero-order valence-corrected chi connectivity index (χ0v) is 17.9. The standard InChI is InChI=1S/C21H22ClF2N5O3/c22-19-13(14-4-5-18(30)26-20(14)31)2-1-3-15(19)27-6-8-28(9-7-27)16-10-25-12-29(21(16)32)11-17(23)24/h1-3,10,12,14,17H,4-9,11H2,(H,26,30,31). The summed E-state index contributed by atoms with van der Waals surface area (Å²) in [5.41, 5.74) is 1.25. The van der Waals surface area contributed by atoms with Crippen LogP contribution in [0.1, 0.15) is 24.3 Å². The van der Waals surface area contributed by atoms with E-state index in [2.05, 4.69) is 15.2 Å². The first-order chi connectivity index (χ1) is 15.3. The lowest BCUT2D eigenvalue weighted by molar-refractivity contribution is -0.134. The number of aromatic nitrogens is 2. The highest BCUT2D eigenvalue weighted by Gasteiger charge is 2.31. The van der Waals surface area contributed by atoms with Crippen molar-refractivity contribution in [3.05, 3.63) is 51.7 Å². The van der Waals surface area contributed by atoms with Gasteiger partial charge in [0.1, 0.15) is 5.69 Å². The molecule has 0 saturated carbocycles. The fourth-order valence-electron chi connectivity index (χ4n) is 4.16. The maximum atomic E-state index is 12.7. The molecule has 1 aromatic heterocycles. The van der Waals surface area contributed by atoms with Gasteiger partial charge in [-0.2, -0.15) is 0 Å². The third-order valence-electron chi connectivity index (χ3n) is 5.80. The van der Waals surface area contributed by atoms with Crippen molar-refractivity contribution in [3.8, 4) is 0 Å². The molecule has 8 nitrogen and oxygen atoms in total. The Morgan fingerprint density at radius 2 is 1.78 bits per heavy atom. The molecule has 11 heteroatoms. The molecular weight excluding hydrogens is 444 g/mol. The van der Waals surface area contributed by atoms with E-state index in [9.17, 15) is 23.2 Å². The minimum Gasteiger partial charge on any atom is -0.367 e. The molecule has 1 unspecified atom stereocenters. The van der Waals surface area contributed by atoms with Gasteiger partial charge in [-0.3, -0.25) is 24.3 Å². The van der Waals surface area contributed by atoms with Crippen molar-refractivity contribution in [3.63, 3.8) is 0 Å². The predicted octanol–water partition coefficient (Wildman–Crippen LogP) is 2.01. The molecule has 1 aromatic carbocycles. The Bertz CT molecular complexity index is 1090. The van der Waals surface area contributed by atoms with Crippen LogP contribution in [0.5, 0.6) is 0 Å². The number of piperidine rings is 1. The summed E-state index contributed by atoms with van der Waals surface area (Å²) < 4.78 is 26.3. The number of carbonyl (C=O) groups excluding carboxylic acids is 2. The number of nitrogens with zero attached hydrogens (tertiary/aromatic N) is 4. The van der Waals surface area contributed by atoms with Gasteiger partial charge >= 0.3 is 0 Å².